The van der Waals surface area contributed by atoms with Crippen LogP contribution in [0.15, 0.2) is 60.7 Å². The maximum atomic E-state index is 9.51. The first kappa shape index (κ1) is 14.5. The largest absolute Gasteiger partial charge is 0.299 e. The van der Waals surface area contributed by atoms with Gasteiger partial charge in [-0.25, -0.2) is 4.98 Å². The summed E-state index contributed by atoms with van der Waals surface area (Å²) >= 11 is 0. The van der Waals surface area contributed by atoms with Crippen LogP contribution in [0.4, 0.5) is 0 Å². The van der Waals surface area contributed by atoms with Gasteiger partial charge in [0, 0.05) is 11.3 Å². The maximum absolute atomic E-state index is 9.51. The number of nitriles is 1. The predicted octanol–water partition coefficient (Wildman–Crippen LogP) is 5.09. The topological polar surface area (TPSA) is 41.1 Å². The Morgan fingerprint density at radius 3 is 2.58 bits per heavy atom. The monoisotopic (exact) mass is 311 g/mol. The minimum Gasteiger partial charge on any atom is -0.299 e. The van der Waals surface area contributed by atoms with Gasteiger partial charge < -0.3 is 0 Å². The molecule has 4 aromatic rings. The van der Waals surface area contributed by atoms with Crippen molar-refractivity contribution in [3.63, 3.8) is 0 Å². The van der Waals surface area contributed by atoms with Crippen LogP contribution in [-0.4, -0.2) is 9.38 Å². The van der Waals surface area contributed by atoms with E-state index in [0.29, 0.717) is 0 Å². The number of rotatable bonds is 2. The fourth-order valence-electron chi connectivity index (χ4n) is 3.29. The number of aromatic nitrogens is 2. The Morgan fingerprint density at radius 1 is 1.00 bits per heavy atom. The standard InChI is InChI=1S/C21H17N3/c1-14(13-22)21-20(23-19-9-5-6-15(2)24(19)21)18-11-10-16-7-3-4-8-17(16)12-18/h3-12,14H,1-2H3. The first-order valence-electron chi connectivity index (χ1n) is 8.06. The molecule has 2 aromatic carbocycles. The van der Waals surface area contributed by atoms with E-state index in [9.17, 15) is 5.26 Å². The van der Waals surface area contributed by atoms with E-state index < -0.39 is 0 Å². The molecule has 0 fully saturated rings. The van der Waals surface area contributed by atoms with Crippen LogP contribution in [0.2, 0.25) is 0 Å². The molecule has 0 saturated carbocycles. The third kappa shape index (κ3) is 2.16. The van der Waals surface area contributed by atoms with E-state index in [-0.39, 0.29) is 5.92 Å². The number of fused-ring (bicyclic) bond motifs is 2. The van der Waals surface area contributed by atoms with Gasteiger partial charge in [0.1, 0.15) is 5.65 Å². The summed E-state index contributed by atoms with van der Waals surface area (Å²) in [7, 11) is 0. The predicted molar refractivity (Wildman–Crippen MR) is 96.9 cm³/mol. The molecule has 0 amide bonds. The molecule has 0 N–H and O–H groups in total. The molecular weight excluding hydrogens is 294 g/mol. The van der Waals surface area contributed by atoms with E-state index in [4.69, 9.17) is 4.98 Å². The highest BCUT2D eigenvalue weighted by atomic mass is 15.0. The van der Waals surface area contributed by atoms with E-state index in [1.807, 2.05) is 44.2 Å². The summed E-state index contributed by atoms with van der Waals surface area (Å²) in [5.41, 5.74) is 4.87. The number of hydrogen-bond acceptors (Lipinski definition) is 2. The molecule has 0 aliphatic heterocycles. The van der Waals surface area contributed by atoms with Crippen molar-refractivity contribution in [3.8, 4) is 17.3 Å². The van der Waals surface area contributed by atoms with E-state index >= 15 is 0 Å². The van der Waals surface area contributed by atoms with Crippen LogP contribution in [0.3, 0.4) is 0 Å². The summed E-state index contributed by atoms with van der Waals surface area (Å²) in [5.74, 6) is -0.234. The maximum Gasteiger partial charge on any atom is 0.137 e. The van der Waals surface area contributed by atoms with Crippen molar-refractivity contribution in [1.29, 1.82) is 5.26 Å². The SMILES string of the molecule is Cc1cccc2nc(-c3ccc4ccccc4c3)c(C(C)C#N)n12. The van der Waals surface area contributed by atoms with Gasteiger partial charge in [-0.05, 0) is 42.8 Å². The first-order chi connectivity index (χ1) is 11.7. The van der Waals surface area contributed by atoms with Crippen molar-refractivity contribution < 1.29 is 0 Å². The third-order valence-corrected chi connectivity index (χ3v) is 4.50. The Bertz CT molecular complexity index is 1100. The highest BCUT2D eigenvalue weighted by molar-refractivity contribution is 5.87. The Labute approximate surface area is 140 Å². The first-order valence-corrected chi connectivity index (χ1v) is 8.06. The van der Waals surface area contributed by atoms with E-state index in [0.717, 1.165) is 28.3 Å². The number of pyridine rings is 1. The molecule has 24 heavy (non-hydrogen) atoms. The van der Waals surface area contributed by atoms with Crippen LogP contribution < -0.4 is 0 Å². The van der Waals surface area contributed by atoms with Gasteiger partial charge in [0.2, 0.25) is 0 Å². The summed E-state index contributed by atoms with van der Waals surface area (Å²) in [6, 6.07) is 23.1. The van der Waals surface area contributed by atoms with Crippen LogP contribution in [0.5, 0.6) is 0 Å². The van der Waals surface area contributed by atoms with Crippen molar-refractivity contribution in [2.45, 2.75) is 19.8 Å². The van der Waals surface area contributed by atoms with Gasteiger partial charge in [0.15, 0.2) is 0 Å². The smallest absolute Gasteiger partial charge is 0.137 e. The molecule has 3 nitrogen and oxygen atoms in total. The molecule has 1 atom stereocenters. The summed E-state index contributed by atoms with van der Waals surface area (Å²) in [4.78, 5) is 4.83. The van der Waals surface area contributed by atoms with Crippen LogP contribution in [0, 0.1) is 18.3 Å². The van der Waals surface area contributed by atoms with Gasteiger partial charge in [-0.1, -0.05) is 42.5 Å². The normalized spacial score (nSPS) is 12.4. The lowest BCUT2D eigenvalue weighted by Crippen LogP contribution is -2.01. The van der Waals surface area contributed by atoms with E-state index in [1.165, 1.54) is 10.8 Å². The molecule has 3 heteroatoms. The fraction of sp³-hybridized carbons (Fsp3) is 0.143. The van der Waals surface area contributed by atoms with Gasteiger partial charge in [-0.15, -0.1) is 0 Å². The molecule has 4 rings (SSSR count). The zero-order chi connectivity index (χ0) is 16.7. The van der Waals surface area contributed by atoms with Gasteiger partial charge in [-0.3, -0.25) is 4.40 Å². The zero-order valence-corrected chi connectivity index (χ0v) is 13.7. The summed E-state index contributed by atoms with van der Waals surface area (Å²) in [6.45, 7) is 3.98. The Balaban J connectivity index is 2.04. The second-order valence-electron chi connectivity index (χ2n) is 6.12. The van der Waals surface area contributed by atoms with Crippen molar-refractivity contribution in [3.05, 3.63) is 72.1 Å². The molecule has 0 aliphatic carbocycles. The van der Waals surface area contributed by atoms with Crippen molar-refractivity contribution in [2.75, 3.05) is 0 Å². The number of hydrogen-bond donors (Lipinski definition) is 0. The summed E-state index contributed by atoms with van der Waals surface area (Å²) in [5, 5.41) is 11.9. The van der Waals surface area contributed by atoms with Gasteiger partial charge >= 0.3 is 0 Å². The summed E-state index contributed by atoms with van der Waals surface area (Å²) in [6.07, 6.45) is 0. The van der Waals surface area contributed by atoms with Gasteiger partial charge in [0.25, 0.3) is 0 Å². The molecule has 1 unspecified atom stereocenters. The number of aryl methyl sites for hydroxylation is 1. The van der Waals surface area contributed by atoms with E-state index in [1.54, 1.807) is 0 Å². The lowest BCUT2D eigenvalue weighted by molar-refractivity contribution is 0.882. The minimum absolute atomic E-state index is 0.234. The van der Waals surface area contributed by atoms with Crippen LogP contribution >= 0.6 is 0 Å². The summed E-state index contributed by atoms with van der Waals surface area (Å²) < 4.78 is 2.10. The van der Waals surface area contributed by atoms with Crippen molar-refractivity contribution >= 4 is 16.4 Å². The molecule has 0 bridgehead atoms. The van der Waals surface area contributed by atoms with Gasteiger partial charge in [-0.2, -0.15) is 5.26 Å². The quantitative estimate of drug-likeness (QED) is 0.517. The third-order valence-electron chi connectivity index (χ3n) is 4.50. The Kier molecular flexibility index (Phi) is 3.32. The molecule has 0 spiro atoms. The van der Waals surface area contributed by atoms with Crippen LogP contribution in [-0.2, 0) is 0 Å². The molecule has 2 heterocycles. The zero-order valence-electron chi connectivity index (χ0n) is 13.7. The van der Waals surface area contributed by atoms with Crippen molar-refractivity contribution in [2.24, 2.45) is 0 Å². The molecule has 2 aromatic heterocycles. The molecule has 116 valence electrons. The second kappa shape index (κ2) is 5.50. The molecule has 0 radical (unpaired) electrons. The highest BCUT2D eigenvalue weighted by Crippen LogP contribution is 2.32. The Morgan fingerprint density at radius 2 is 1.79 bits per heavy atom. The van der Waals surface area contributed by atoms with Gasteiger partial charge in [0.05, 0.1) is 23.4 Å². The number of imidazole rings is 1. The van der Waals surface area contributed by atoms with E-state index in [2.05, 4.69) is 40.8 Å². The molecule has 0 saturated heterocycles. The lowest BCUT2D eigenvalue weighted by Gasteiger charge is -2.09. The average molecular weight is 311 g/mol. The minimum atomic E-state index is -0.234. The second-order valence-corrected chi connectivity index (χ2v) is 6.12. The average Bonchev–Trinajstić information content (AvgIpc) is 3.01. The fourth-order valence-corrected chi connectivity index (χ4v) is 3.29. The van der Waals surface area contributed by atoms with Crippen molar-refractivity contribution in [1.82, 2.24) is 9.38 Å². The highest BCUT2D eigenvalue weighted by Gasteiger charge is 2.20. The molecular formula is C21H17N3. The molecule has 0 aliphatic rings. The van der Waals surface area contributed by atoms with Crippen LogP contribution in [0.25, 0.3) is 27.7 Å². The number of benzene rings is 2. The lowest BCUT2D eigenvalue weighted by atomic mass is 10.00. The number of nitrogens with zero attached hydrogens (tertiary/aromatic N) is 3. The Hall–Kier alpha value is -3.12. The van der Waals surface area contributed by atoms with Crippen LogP contribution in [0.1, 0.15) is 24.2 Å².